The van der Waals surface area contributed by atoms with Crippen molar-refractivity contribution in [2.45, 2.75) is 215 Å². The number of carbonyl (C=O) groups excluding carboxylic acids is 12. The van der Waals surface area contributed by atoms with Crippen molar-refractivity contribution < 1.29 is 96.2 Å². The number of carbonyl (C=O) groups is 12. The van der Waals surface area contributed by atoms with Crippen LogP contribution in [0.4, 0.5) is 9.59 Å². The summed E-state index contributed by atoms with van der Waals surface area (Å²) in [4.78, 5) is 152. The predicted molar refractivity (Wildman–Crippen MR) is 448 cm³/mol. The standard InChI is InChI=1S/C82H128N14O20S2/c1-53(2)69(77(105)83-5)93-79(107)75(115-49-57-27-23-55(24-28-57)31-33-67(101)89-39-43-113-47-45-111-41-37-87-65(99)19-9-7-15-35-85-63(97)21-13-11-17-61-71-59(51-117-61)91-81(109)95-71)73(103)74(104)76(80(108)94-70(54(3)4)78(106)84-6)116-50-58-29-25-56(26-30-58)32-34-68(102)90-40-44-114-48-46-112-42-38-88-66(100)20-10-8-16-36-86-64(98)22-14-12-18-62-72-60(52-118-62)92-82(110)96-72/h23-34,53-54,59-62,69-76,103-104H,7-22,35-52H2,1-6H3,(H,83,105)(H,84,106)(H,85,97)(H,86,98)(H,87,99)(H,88,100)(H,89,101)(H,90,102)(H,93,107)(H,94,108)(H2,91,95,109)(H2,92,96,110)/b33-31+,34-32+/t59-,60-,61-,62-,69-,70-,71-,72-,73+,74+,75+,76+/m0/s1. The van der Waals surface area contributed by atoms with Gasteiger partial charge in [0.2, 0.25) is 47.3 Å². The van der Waals surface area contributed by atoms with Crippen LogP contribution >= 0.6 is 23.5 Å². The Morgan fingerprint density at radius 2 is 0.754 bits per heavy atom. The van der Waals surface area contributed by atoms with Crippen molar-refractivity contribution in [1.29, 1.82) is 0 Å². The monoisotopic (exact) mass is 1690 g/mol. The van der Waals surface area contributed by atoms with E-state index in [4.69, 9.17) is 28.4 Å². The molecule has 34 nitrogen and oxygen atoms in total. The number of urea groups is 2. The lowest BCUT2D eigenvalue weighted by atomic mass is 9.98. The minimum Gasteiger partial charge on any atom is -0.387 e. The molecule has 0 saturated carbocycles. The lowest BCUT2D eigenvalue weighted by Crippen LogP contribution is -2.60. The zero-order chi connectivity index (χ0) is 85.4. The maximum absolute atomic E-state index is 14.3. The molecule has 14 amide bonds. The number of hydrogen-bond acceptors (Lipinski definition) is 22. The molecule has 2 aromatic carbocycles. The highest BCUT2D eigenvalue weighted by atomic mass is 32.2. The van der Waals surface area contributed by atoms with Gasteiger partial charge in [-0.2, -0.15) is 23.5 Å². The Morgan fingerprint density at radius 1 is 0.424 bits per heavy atom. The van der Waals surface area contributed by atoms with Gasteiger partial charge in [-0.15, -0.1) is 0 Å². The SMILES string of the molecule is CNC(=O)[C@@H](NC(=O)[C@H](OCc1ccc(/C=C/C(=O)NCCOCCOCCNC(=O)CCCCCNC(=O)CCCC[C@@H]2SC[C@@H]3NC(=O)N[C@@H]32)cc1)[C@H](O)[C@@H](O)[C@@H](OCc1ccc(/C=C/C(=O)NCCOCCOCCNC(=O)CCCCCNC(=O)CCCC[C@@H]2SC[C@@H]3NC(=O)N[C@@H]32)cc1)C(=O)N[C@H](C(=O)NC)C(C)C)C(C)C. The van der Waals surface area contributed by atoms with Crippen molar-refractivity contribution in [3.63, 3.8) is 0 Å². The Balaban J connectivity index is 0.840. The molecule has 2 aromatic rings. The molecule has 4 heterocycles. The van der Waals surface area contributed by atoms with Crippen LogP contribution in [0.1, 0.15) is 153 Å². The second-order valence-corrected chi connectivity index (χ2v) is 32.6. The predicted octanol–water partition coefficient (Wildman–Crippen LogP) is 2.01. The van der Waals surface area contributed by atoms with Crippen LogP contribution in [0.25, 0.3) is 12.2 Å². The molecule has 4 saturated heterocycles. The fraction of sp³-hybridized carbons (Fsp3) is 0.659. The van der Waals surface area contributed by atoms with E-state index in [0.29, 0.717) is 111 Å². The van der Waals surface area contributed by atoms with Crippen LogP contribution in [0, 0.1) is 11.8 Å². The molecule has 16 N–H and O–H groups in total. The van der Waals surface area contributed by atoms with E-state index in [2.05, 4.69) is 74.4 Å². The maximum atomic E-state index is 14.3. The summed E-state index contributed by atoms with van der Waals surface area (Å²) in [7, 11) is 2.78. The first-order chi connectivity index (χ1) is 56.9. The van der Waals surface area contributed by atoms with Gasteiger partial charge in [-0.3, -0.25) is 47.9 Å². The molecule has 658 valence electrons. The van der Waals surface area contributed by atoms with E-state index in [1.165, 1.54) is 26.2 Å². The minimum atomic E-state index is -2.19. The molecule has 0 radical (unpaired) electrons. The molecular formula is C82H128N14O20S2. The Hall–Kier alpha value is -8.46. The Morgan fingerprint density at radius 3 is 1.09 bits per heavy atom. The highest BCUT2D eigenvalue weighted by Crippen LogP contribution is 2.35. The summed E-state index contributed by atoms with van der Waals surface area (Å²) < 4.78 is 34.4. The first-order valence-corrected chi connectivity index (χ1v) is 43.5. The van der Waals surface area contributed by atoms with Gasteiger partial charge in [0.1, 0.15) is 24.3 Å². The number of nitrogens with one attached hydrogen (secondary N) is 14. The van der Waals surface area contributed by atoms with Crippen LogP contribution in [-0.2, 0) is 89.6 Å². The number of fused-ring (bicyclic) bond motifs is 2. The summed E-state index contributed by atoms with van der Waals surface area (Å²) in [6, 6.07) is 11.7. The fourth-order valence-electron chi connectivity index (χ4n) is 13.3. The molecule has 4 aliphatic heterocycles. The molecule has 0 bridgehead atoms. The van der Waals surface area contributed by atoms with Crippen molar-refractivity contribution in [1.82, 2.24) is 74.4 Å². The lowest BCUT2D eigenvalue weighted by Gasteiger charge is -2.32. The summed E-state index contributed by atoms with van der Waals surface area (Å²) >= 11 is 3.75. The third kappa shape index (κ3) is 37.9. The second kappa shape index (κ2) is 56.1. The van der Waals surface area contributed by atoms with Crippen molar-refractivity contribution in [2.24, 2.45) is 11.8 Å². The quantitative estimate of drug-likeness (QED) is 0.0256. The largest absolute Gasteiger partial charge is 0.387 e. The van der Waals surface area contributed by atoms with Crippen molar-refractivity contribution in [2.75, 3.05) is 118 Å². The summed E-state index contributed by atoms with van der Waals surface area (Å²) in [5.74, 6) is -3.01. The van der Waals surface area contributed by atoms with E-state index in [1.54, 1.807) is 88.4 Å². The number of aliphatic hydroxyl groups excluding tert-OH is 2. The first kappa shape index (κ1) is 98.4. The normalized spacial score (nSPS) is 18.8. The zero-order valence-corrected chi connectivity index (χ0v) is 70.7. The number of thioether (sulfide) groups is 2. The van der Waals surface area contributed by atoms with E-state index in [0.717, 1.165) is 75.7 Å². The van der Waals surface area contributed by atoms with Crippen molar-refractivity contribution >= 4 is 107 Å². The van der Waals surface area contributed by atoms with Gasteiger partial charge in [-0.25, -0.2) is 9.59 Å². The lowest BCUT2D eigenvalue weighted by molar-refractivity contribution is -0.171. The summed E-state index contributed by atoms with van der Waals surface area (Å²) in [5, 5.41) is 64.1. The summed E-state index contributed by atoms with van der Waals surface area (Å²) in [6.45, 7) is 10.6. The molecule has 12 atom stereocenters. The van der Waals surface area contributed by atoms with Crippen molar-refractivity contribution in [3.05, 3.63) is 82.9 Å². The van der Waals surface area contributed by atoms with Crippen LogP contribution < -0.4 is 74.4 Å². The third-order valence-electron chi connectivity index (χ3n) is 20.1. The van der Waals surface area contributed by atoms with E-state index in [1.807, 2.05) is 23.5 Å². The van der Waals surface area contributed by atoms with Crippen molar-refractivity contribution in [3.8, 4) is 0 Å². The molecule has 0 unspecified atom stereocenters. The first-order valence-electron chi connectivity index (χ1n) is 41.4. The van der Waals surface area contributed by atoms with E-state index < -0.39 is 72.0 Å². The van der Waals surface area contributed by atoms with Gasteiger partial charge in [0.15, 0.2) is 12.2 Å². The maximum Gasteiger partial charge on any atom is 0.315 e. The van der Waals surface area contributed by atoms with Gasteiger partial charge in [0, 0.05) is 113 Å². The summed E-state index contributed by atoms with van der Waals surface area (Å²) in [5.41, 5.74) is 2.23. The number of ether oxygens (including phenoxy) is 6. The second-order valence-electron chi connectivity index (χ2n) is 30.1. The molecule has 0 spiro atoms. The van der Waals surface area contributed by atoms with E-state index in [-0.39, 0.29) is 138 Å². The Labute approximate surface area is 701 Å². The topological polar surface area (TPSA) is 469 Å². The van der Waals surface area contributed by atoms with Crippen LogP contribution in [-0.4, -0.2) is 270 Å². The molecule has 0 aromatic heterocycles. The van der Waals surface area contributed by atoms with Crippen LogP contribution in [0.15, 0.2) is 60.7 Å². The molecule has 118 heavy (non-hydrogen) atoms. The van der Waals surface area contributed by atoms with Crippen LogP contribution in [0.2, 0.25) is 0 Å². The number of amides is 14. The van der Waals surface area contributed by atoms with Gasteiger partial charge in [-0.1, -0.05) is 102 Å². The molecule has 0 aliphatic carbocycles. The van der Waals surface area contributed by atoms with E-state index in [9.17, 15) is 67.7 Å². The van der Waals surface area contributed by atoms with Gasteiger partial charge in [0.25, 0.3) is 11.8 Å². The number of benzene rings is 2. The number of rotatable bonds is 61. The summed E-state index contributed by atoms with van der Waals surface area (Å²) in [6.07, 6.45) is 9.32. The highest BCUT2D eigenvalue weighted by Gasteiger charge is 2.45. The average Bonchev–Trinajstić information content (AvgIpc) is 1.64. The van der Waals surface area contributed by atoms with Gasteiger partial charge in [0.05, 0.1) is 90.2 Å². The molecular weight excluding hydrogens is 1570 g/mol. The molecule has 6 rings (SSSR count). The van der Waals surface area contributed by atoms with Crippen LogP contribution in [0.3, 0.4) is 0 Å². The highest BCUT2D eigenvalue weighted by molar-refractivity contribution is 8.00. The van der Waals surface area contributed by atoms with Gasteiger partial charge < -0.3 is 113 Å². The molecule has 4 fully saturated rings. The number of aliphatic hydroxyl groups is 2. The Kier molecular flexibility index (Phi) is 46.8. The molecule has 4 aliphatic rings. The number of hydrogen-bond donors (Lipinski definition) is 16. The van der Waals surface area contributed by atoms with Gasteiger partial charge >= 0.3 is 12.1 Å². The fourth-order valence-corrected chi connectivity index (χ4v) is 16.4. The van der Waals surface area contributed by atoms with E-state index >= 15 is 0 Å². The Bertz CT molecular complexity index is 3290. The minimum absolute atomic E-state index is 0.0324. The van der Waals surface area contributed by atoms with Crippen LogP contribution in [0.5, 0.6) is 0 Å². The third-order valence-corrected chi connectivity index (χ3v) is 23.1. The number of unbranched alkanes of at least 4 members (excludes halogenated alkanes) is 6. The van der Waals surface area contributed by atoms with Gasteiger partial charge in [-0.05, 0) is 97.6 Å². The zero-order valence-electron chi connectivity index (χ0n) is 69.1. The smallest absolute Gasteiger partial charge is 0.315 e. The molecule has 36 heteroatoms. The number of likely N-dealkylation sites (N-methyl/N-ethyl adjacent to an activating group) is 2. The average molecular weight is 1690 g/mol.